The molecule has 8 nitrogen and oxygen atoms in total. The molecule has 42 heavy (non-hydrogen) atoms. The highest BCUT2D eigenvalue weighted by atomic mass is 32.2. The second kappa shape index (κ2) is 11.7. The minimum Gasteiger partial charge on any atom is -0.338 e. The minimum atomic E-state index is -3.29. The molecule has 228 valence electrons. The van der Waals surface area contributed by atoms with Crippen LogP contribution in [0.4, 0.5) is 0 Å². The van der Waals surface area contributed by atoms with Crippen LogP contribution in [-0.4, -0.2) is 87.6 Å². The minimum absolute atomic E-state index is 0.177. The zero-order valence-electron chi connectivity index (χ0n) is 24.5. The van der Waals surface area contributed by atoms with Crippen LogP contribution in [0.25, 0.3) is 0 Å². The van der Waals surface area contributed by atoms with E-state index in [2.05, 4.69) is 17.0 Å². The summed E-state index contributed by atoms with van der Waals surface area (Å²) in [7, 11) is -6.53. The first-order valence-electron chi connectivity index (χ1n) is 15.4. The van der Waals surface area contributed by atoms with Crippen molar-refractivity contribution in [3.63, 3.8) is 0 Å². The summed E-state index contributed by atoms with van der Waals surface area (Å²) in [6, 6.07) is 17.2. The van der Waals surface area contributed by atoms with Crippen LogP contribution in [0.1, 0.15) is 62.0 Å². The van der Waals surface area contributed by atoms with E-state index in [1.165, 1.54) is 11.8 Å². The highest BCUT2D eigenvalue weighted by Gasteiger charge is 2.49. The number of hydrogen-bond acceptors (Lipinski definition) is 6. The summed E-state index contributed by atoms with van der Waals surface area (Å²) >= 11 is 0. The molecule has 2 aromatic carbocycles. The molecular weight excluding hydrogens is 571 g/mol. The van der Waals surface area contributed by atoms with Gasteiger partial charge in [0.25, 0.3) is 0 Å². The fourth-order valence-electron chi connectivity index (χ4n) is 7.76. The summed E-state index contributed by atoms with van der Waals surface area (Å²) in [5.74, 6) is 0.616. The first-order valence-corrected chi connectivity index (χ1v) is 18.8. The molecule has 0 N–H and O–H groups in total. The molecule has 1 aliphatic carbocycles. The summed E-state index contributed by atoms with van der Waals surface area (Å²) in [6.07, 6.45) is 7.27. The Hall–Kier alpha value is -2.27. The quantitative estimate of drug-likeness (QED) is 0.449. The molecule has 4 aliphatic rings. The lowest BCUT2D eigenvalue weighted by molar-refractivity contribution is -0.139. The Morgan fingerprint density at radius 3 is 2.12 bits per heavy atom. The second-order valence-corrected chi connectivity index (χ2v) is 17.2. The topological polar surface area (TPSA) is 95.1 Å². The standard InChI is InChI=1S/C32H43N3O5S2/c1-41(37,38)28-13-11-25(12-14-28)21-34-20-17-32(31(34)36)15-18-33(19-16-32)22-27-23-35(42(39,40)29-9-5-6-10-29)24-30(27)26-7-3-2-4-8-26/h2-4,7-8,11-14,27,29-30H,5-6,9-10,15-24H2,1H3/t27-,30+/m0/s1. The van der Waals surface area contributed by atoms with E-state index in [-0.39, 0.29) is 28.4 Å². The van der Waals surface area contributed by atoms with Crippen molar-refractivity contribution in [1.29, 1.82) is 0 Å². The number of amides is 1. The Bertz CT molecular complexity index is 1480. The Kier molecular flexibility index (Phi) is 8.28. The Balaban J connectivity index is 1.09. The van der Waals surface area contributed by atoms with Crippen molar-refractivity contribution in [3.05, 3.63) is 65.7 Å². The van der Waals surface area contributed by atoms with Crippen LogP contribution in [-0.2, 0) is 31.2 Å². The van der Waals surface area contributed by atoms with Gasteiger partial charge in [0.1, 0.15) is 0 Å². The summed E-state index contributed by atoms with van der Waals surface area (Å²) in [6.45, 7) is 4.89. The largest absolute Gasteiger partial charge is 0.338 e. The van der Waals surface area contributed by atoms with Crippen molar-refractivity contribution in [3.8, 4) is 0 Å². The molecule has 3 aliphatic heterocycles. The van der Waals surface area contributed by atoms with Crippen LogP contribution in [0.15, 0.2) is 59.5 Å². The average Bonchev–Trinajstić information content (AvgIpc) is 3.73. The van der Waals surface area contributed by atoms with E-state index in [1.807, 2.05) is 23.1 Å². The van der Waals surface area contributed by atoms with E-state index in [0.717, 1.165) is 76.7 Å². The van der Waals surface area contributed by atoms with Gasteiger partial charge in [-0.25, -0.2) is 21.1 Å². The molecule has 3 heterocycles. The van der Waals surface area contributed by atoms with Crippen LogP contribution in [0, 0.1) is 11.3 Å². The van der Waals surface area contributed by atoms with Crippen molar-refractivity contribution in [2.75, 3.05) is 45.5 Å². The van der Waals surface area contributed by atoms with Crippen LogP contribution < -0.4 is 0 Å². The molecule has 1 amide bonds. The monoisotopic (exact) mass is 613 g/mol. The lowest BCUT2D eigenvalue weighted by Crippen LogP contribution is -2.46. The number of benzene rings is 2. The molecule has 3 saturated heterocycles. The number of piperidine rings is 1. The number of sulfone groups is 1. The van der Waals surface area contributed by atoms with Crippen molar-refractivity contribution in [2.45, 2.75) is 67.6 Å². The molecular formula is C32H43N3O5S2. The summed E-state index contributed by atoms with van der Waals surface area (Å²) in [4.78, 5) is 18.3. The summed E-state index contributed by atoms with van der Waals surface area (Å²) < 4.78 is 52.4. The lowest BCUT2D eigenvalue weighted by atomic mass is 9.76. The van der Waals surface area contributed by atoms with Crippen molar-refractivity contribution in [1.82, 2.24) is 14.1 Å². The Morgan fingerprint density at radius 2 is 1.48 bits per heavy atom. The number of sulfonamides is 1. The van der Waals surface area contributed by atoms with E-state index >= 15 is 0 Å². The first-order chi connectivity index (χ1) is 20.0. The number of nitrogens with zero attached hydrogens (tertiary/aromatic N) is 3. The second-order valence-electron chi connectivity index (χ2n) is 13.0. The Morgan fingerprint density at radius 1 is 0.833 bits per heavy atom. The zero-order valence-corrected chi connectivity index (χ0v) is 26.2. The highest BCUT2D eigenvalue weighted by molar-refractivity contribution is 7.90. The van der Waals surface area contributed by atoms with Gasteiger partial charge in [-0.05, 0) is 74.4 Å². The maximum Gasteiger partial charge on any atom is 0.229 e. The highest BCUT2D eigenvalue weighted by Crippen LogP contribution is 2.43. The third kappa shape index (κ3) is 5.92. The maximum atomic E-state index is 13.6. The van der Waals surface area contributed by atoms with Gasteiger partial charge in [-0.2, -0.15) is 0 Å². The van der Waals surface area contributed by atoms with Gasteiger partial charge in [-0.1, -0.05) is 55.3 Å². The Labute approximate surface area is 251 Å². The molecule has 2 aromatic rings. The number of carbonyl (C=O) groups is 1. The van der Waals surface area contributed by atoms with Crippen molar-refractivity contribution < 1.29 is 21.6 Å². The fraction of sp³-hybridized carbons (Fsp3) is 0.594. The van der Waals surface area contributed by atoms with E-state index < -0.39 is 19.9 Å². The number of hydrogen-bond donors (Lipinski definition) is 0. The summed E-state index contributed by atoms with van der Waals surface area (Å²) in [5.41, 5.74) is 1.83. The normalized spacial score (nSPS) is 26.0. The smallest absolute Gasteiger partial charge is 0.229 e. The molecule has 2 atom stereocenters. The zero-order chi connectivity index (χ0) is 29.5. The van der Waals surface area contributed by atoms with E-state index in [4.69, 9.17) is 0 Å². The third-order valence-electron chi connectivity index (χ3n) is 10.4. The molecule has 6 rings (SSSR count). The molecule has 0 radical (unpaired) electrons. The lowest BCUT2D eigenvalue weighted by Gasteiger charge is -2.39. The maximum absolute atomic E-state index is 13.6. The van der Waals surface area contributed by atoms with Gasteiger partial charge >= 0.3 is 0 Å². The molecule has 4 fully saturated rings. The molecule has 0 aromatic heterocycles. The van der Waals surface area contributed by atoms with Gasteiger partial charge in [0, 0.05) is 44.9 Å². The van der Waals surface area contributed by atoms with Crippen molar-refractivity contribution in [2.24, 2.45) is 11.3 Å². The molecule has 0 unspecified atom stereocenters. The van der Waals surface area contributed by atoms with Gasteiger partial charge in [0.05, 0.1) is 15.6 Å². The van der Waals surface area contributed by atoms with Gasteiger partial charge in [-0.3, -0.25) is 4.79 Å². The van der Waals surface area contributed by atoms with Gasteiger partial charge in [-0.15, -0.1) is 0 Å². The van der Waals surface area contributed by atoms with Gasteiger partial charge < -0.3 is 9.80 Å². The van der Waals surface area contributed by atoms with Crippen LogP contribution in [0.3, 0.4) is 0 Å². The molecule has 10 heteroatoms. The predicted octanol–water partition coefficient (Wildman–Crippen LogP) is 3.89. The SMILES string of the molecule is CS(=O)(=O)c1ccc(CN2CCC3(CCN(C[C@H]4CN(S(=O)(=O)C5CCCC5)C[C@@H]4c4ccccc4)CC3)C2=O)cc1. The van der Waals surface area contributed by atoms with Crippen LogP contribution in [0.2, 0.25) is 0 Å². The number of rotatable bonds is 8. The van der Waals surface area contributed by atoms with E-state index in [1.54, 1.807) is 28.6 Å². The third-order valence-corrected chi connectivity index (χ3v) is 13.8. The van der Waals surface area contributed by atoms with E-state index in [0.29, 0.717) is 24.5 Å². The number of carbonyl (C=O) groups excluding carboxylic acids is 1. The molecule has 1 saturated carbocycles. The molecule has 0 bridgehead atoms. The summed E-state index contributed by atoms with van der Waals surface area (Å²) in [5, 5.41) is -0.225. The number of likely N-dealkylation sites (tertiary alicyclic amines) is 2. The fourth-order valence-corrected chi connectivity index (χ4v) is 10.5. The predicted molar refractivity (Wildman–Crippen MR) is 163 cm³/mol. The van der Waals surface area contributed by atoms with E-state index in [9.17, 15) is 21.6 Å². The van der Waals surface area contributed by atoms with Gasteiger partial charge in [0.15, 0.2) is 9.84 Å². The first kappa shape index (κ1) is 29.8. The van der Waals surface area contributed by atoms with Crippen molar-refractivity contribution >= 4 is 25.8 Å². The van der Waals surface area contributed by atoms with Gasteiger partial charge in [0.2, 0.25) is 15.9 Å². The van der Waals surface area contributed by atoms with Crippen LogP contribution in [0.5, 0.6) is 0 Å². The average molecular weight is 614 g/mol. The molecule has 1 spiro atoms. The van der Waals surface area contributed by atoms with Crippen LogP contribution >= 0.6 is 0 Å².